The van der Waals surface area contributed by atoms with Crippen LogP contribution in [-0.4, -0.2) is 80.0 Å². The number of aromatic nitrogens is 1. The van der Waals surface area contributed by atoms with Crippen molar-refractivity contribution < 1.29 is 23.2 Å². The molecule has 8 heteroatoms. The van der Waals surface area contributed by atoms with Crippen molar-refractivity contribution in [1.29, 1.82) is 0 Å². The molecule has 3 aromatic rings. The molecular weight excluding hydrogens is 528 g/mol. The molecule has 0 unspecified atom stereocenters. The van der Waals surface area contributed by atoms with Gasteiger partial charge in [0.15, 0.2) is 5.89 Å². The van der Waals surface area contributed by atoms with E-state index in [9.17, 15) is 9.59 Å². The zero-order valence-electron chi connectivity index (χ0n) is 25.5. The molecule has 2 aliphatic heterocycles. The highest BCUT2D eigenvalue weighted by Gasteiger charge is 2.43. The standard InChI is InChI=1S/C34H45N4O4/c1-5-6-16-37(28-9-7-8-25(19-28)23-38(2,3)4)34(40)22-36-21-29(26-10-12-32-27(20-26)14-17-41-32)30(24-39)31(36)11-13-33-35-15-18-42-33/h7-10,12,15,18-20,24,29-31H,5-6,11,13-14,16-17,21-23H2,1-4H3/q+1/t29-,30-,31+/m1/s1. The maximum Gasteiger partial charge on any atom is 0.241 e. The number of carbonyl (C=O) groups is 2. The third-order valence-electron chi connectivity index (χ3n) is 8.50. The molecule has 3 heterocycles. The van der Waals surface area contributed by atoms with Gasteiger partial charge in [0.2, 0.25) is 5.91 Å². The number of hydrogen-bond donors (Lipinski definition) is 0. The van der Waals surface area contributed by atoms with Crippen molar-refractivity contribution in [3.8, 4) is 5.75 Å². The van der Waals surface area contributed by atoms with Crippen molar-refractivity contribution in [3.63, 3.8) is 0 Å². The van der Waals surface area contributed by atoms with Crippen LogP contribution in [0.1, 0.15) is 54.7 Å². The number of carbonyl (C=O) groups excluding carboxylic acids is 2. The fourth-order valence-corrected chi connectivity index (χ4v) is 6.52. The third-order valence-corrected chi connectivity index (χ3v) is 8.50. The Balaban J connectivity index is 1.40. The van der Waals surface area contributed by atoms with E-state index in [0.717, 1.165) is 53.6 Å². The highest BCUT2D eigenvalue weighted by molar-refractivity contribution is 5.95. The number of hydrogen-bond acceptors (Lipinski definition) is 6. The summed E-state index contributed by atoms with van der Waals surface area (Å²) in [4.78, 5) is 35.3. The van der Waals surface area contributed by atoms with Crippen molar-refractivity contribution in [2.24, 2.45) is 5.92 Å². The molecule has 0 radical (unpaired) electrons. The molecule has 2 aliphatic rings. The molecule has 5 rings (SSSR count). The van der Waals surface area contributed by atoms with Gasteiger partial charge in [-0.1, -0.05) is 37.6 Å². The Labute approximate surface area is 249 Å². The number of unbranched alkanes of at least 4 members (excludes halogenated alkanes) is 1. The van der Waals surface area contributed by atoms with Crippen LogP contribution >= 0.6 is 0 Å². The number of oxazole rings is 1. The Bertz CT molecular complexity index is 1350. The number of rotatable bonds is 13. The molecule has 42 heavy (non-hydrogen) atoms. The van der Waals surface area contributed by atoms with Gasteiger partial charge in [0.05, 0.1) is 40.5 Å². The first kappa shape index (κ1) is 30.0. The lowest BCUT2D eigenvalue weighted by Crippen LogP contribution is -2.44. The molecule has 3 atom stereocenters. The number of nitrogens with zero attached hydrogens (tertiary/aromatic N) is 4. The average molecular weight is 574 g/mol. The number of likely N-dealkylation sites (tertiary alicyclic amines) is 1. The summed E-state index contributed by atoms with van der Waals surface area (Å²) in [6.07, 6.45) is 8.45. The van der Waals surface area contributed by atoms with E-state index in [2.05, 4.69) is 68.3 Å². The molecule has 1 fully saturated rings. The van der Waals surface area contributed by atoms with Crippen LogP contribution in [0.2, 0.25) is 0 Å². The zero-order valence-corrected chi connectivity index (χ0v) is 25.5. The van der Waals surface area contributed by atoms with Crippen LogP contribution in [0.4, 0.5) is 5.69 Å². The van der Waals surface area contributed by atoms with Gasteiger partial charge in [-0.3, -0.25) is 9.69 Å². The van der Waals surface area contributed by atoms with Gasteiger partial charge in [-0.05, 0) is 42.2 Å². The van der Waals surface area contributed by atoms with Gasteiger partial charge < -0.3 is 23.3 Å². The lowest BCUT2D eigenvalue weighted by Gasteiger charge is -2.30. The van der Waals surface area contributed by atoms with Gasteiger partial charge in [0.1, 0.15) is 24.8 Å². The summed E-state index contributed by atoms with van der Waals surface area (Å²) in [5, 5.41) is 0. The van der Waals surface area contributed by atoms with Crippen LogP contribution < -0.4 is 9.64 Å². The zero-order chi connectivity index (χ0) is 29.7. The molecule has 1 aromatic heterocycles. The van der Waals surface area contributed by atoms with Crippen LogP contribution in [0, 0.1) is 5.92 Å². The summed E-state index contributed by atoms with van der Waals surface area (Å²) in [6.45, 7) is 5.30. The van der Waals surface area contributed by atoms with Gasteiger partial charge in [-0.2, -0.15) is 0 Å². The second-order valence-corrected chi connectivity index (χ2v) is 12.8. The number of fused-ring (bicyclic) bond motifs is 1. The van der Waals surface area contributed by atoms with E-state index >= 15 is 0 Å². The number of quaternary nitrogens is 1. The molecule has 0 N–H and O–H groups in total. The number of benzene rings is 2. The summed E-state index contributed by atoms with van der Waals surface area (Å²) in [5.41, 5.74) is 4.49. The molecular formula is C34H45N4O4+. The van der Waals surface area contributed by atoms with Gasteiger partial charge in [0, 0.05) is 55.1 Å². The van der Waals surface area contributed by atoms with Gasteiger partial charge in [0.25, 0.3) is 0 Å². The molecule has 1 amide bonds. The van der Waals surface area contributed by atoms with Crippen molar-refractivity contribution in [2.45, 2.75) is 57.5 Å². The maximum absolute atomic E-state index is 14.1. The minimum atomic E-state index is -0.231. The lowest BCUT2D eigenvalue weighted by atomic mass is 9.84. The number of ether oxygens (including phenoxy) is 1. The smallest absolute Gasteiger partial charge is 0.241 e. The molecule has 0 saturated carbocycles. The highest BCUT2D eigenvalue weighted by Crippen LogP contribution is 2.40. The molecule has 1 saturated heterocycles. The minimum Gasteiger partial charge on any atom is -0.493 e. The van der Waals surface area contributed by atoms with E-state index < -0.39 is 0 Å². The molecule has 2 aromatic carbocycles. The van der Waals surface area contributed by atoms with E-state index in [0.29, 0.717) is 38.4 Å². The summed E-state index contributed by atoms with van der Waals surface area (Å²) in [5.74, 6) is 1.44. The topological polar surface area (TPSA) is 75.9 Å². The number of amides is 1. The summed E-state index contributed by atoms with van der Waals surface area (Å²) < 4.78 is 12.1. The molecule has 224 valence electrons. The summed E-state index contributed by atoms with van der Waals surface area (Å²) in [6, 6.07) is 14.6. The van der Waals surface area contributed by atoms with Crippen LogP contribution in [0.3, 0.4) is 0 Å². The van der Waals surface area contributed by atoms with Crippen LogP contribution in [0.15, 0.2) is 59.3 Å². The average Bonchev–Trinajstić information content (AvgIpc) is 3.71. The lowest BCUT2D eigenvalue weighted by molar-refractivity contribution is -0.884. The largest absolute Gasteiger partial charge is 0.493 e. The SMILES string of the molecule is CCCCN(C(=O)CN1C[C@H](c2ccc3c(c2)CCO3)[C@@H](C=O)[C@@H]1CCc1ncco1)c1cccc(C[N+](C)(C)C)c1. The predicted octanol–water partition coefficient (Wildman–Crippen LogP) is 4.86. The third kappa shape index (κ3) is 7.10. The Kier molecular flexibility index (Phi) is 9.43. The number of aldehydes is 1. The molecule has 8 nitrogen and oxygen atoms in total. The van der Waals surface area contributed by atoms with Crippen molar-refractivity contribution in [3.05, 3.63) is 77.5 Å². The Morgan fingerprint density at radius 2 is 2.05 bits per heavy atom. The van der Waals surface area contributed by atoms with Gasteiger partial charge in [-0.15, -0.1) is 0 Å². The van der Waals surface area contributed by atoms with Crippen molar-refractivity contribution in [2.75, 3.05) is 52.3 Å². The highest BCUT2D eigenvalue weighted by atomic mass is 16.5. The van der Waals surface area contributed by atoms with E-state index in [1.54, 1.807) is 12.5 Å². The van der Waals surface area contributed by atoms with Crippen molar-refractivity contribution in [1.82, 2.24) is 9.88 Å². The Hall–Kier alpha value is -3.49. The van der Waals surface area contributed by atoms with Crippen molar-refractivity contribution >= 4 is 17.9 Å². The number of aryl methyl sites for hydroxylation is 1. The Morgan fingerprint density at radius 1 is 1.19 bits per heavy atom. The van der Waals surface area contributed by atoms with E-state index in [1.807, 2.05) is 17.0 Å². The van der Waals surface area contributed by atoms with E-state index in [-0.39, 0.29) is 30.3 Å². The quantitative estimate of drug-likeness (QED) is 0.215. The van der Waals surface area contributed by atoms with Crippen LogP contribution in [0.5, 0.6) is 5.75 Å². The molecule has 0 aliphatic carbocycles. The second kappa shape index (κ2) is 13.2. The molecule has 0 spiro atoms. The normalized spacial score (nSPS) is 20.3. The second-order valence-electron chi connectivity index (χ2n) is 12.8. The Morgan fingerprint density at radius 3 is 2.79 bits per heavy atom. The molecule has 0 bridgehead atoms. The summed E-state index contributed by atoms with van der Waals surface area (Å²) in [7, 11) is 6.52. The maximum atomic E-state index is 14.1. The number of anilines is 1. The van der Waals surface area contributed by atoms with Crippen LogP contribution in [0.25, 0.3) is 0 Å². The fraction of sp³-hybridized carbons (Fsp3) is 0.500. The minimum absolute atomic E-state index is 0.00716. The van der Waals surface area contributed by atoms with Gasteiger partial charge in [-0.25, -0.2) is 4.98 Å². The first-order valence-electron chi connectivity index (χ1n) is 15.3. The fourth-order valence-electron chi connectivity index (χ4n) is 6.52. The summed E-state index contributed by atoms with van der Waals surface area (Å²) >= 11 is 0. The first-order valence-corrected chi connectivity index (χ1v) is 15.3. The van der Waals surface area contributed by atoms with E-state index in [4.69, 9.17) is 9.15 Å². The van der Waals surface area contributed by atoms with Crippen LogP contribution in [-0.2, 0) is 29.0 Å². The van der Waals surface area contributed by atoms with E-state index in [1.165, 1.54) is 11.1 Å². The monoisotopic (exact) mass is 573 g/mol. The first-order chi connectivity index (χ1) is 20.3. The predicted molar refractivity (Wildman–Crippen MR) is 164 cm³/mol. The van der Waals surface area contributed by atoms with Gasteiger partial charge >= 0.3 is 0 Å².